The van der Waals surface area contributed by atoms with Crippen molar-refractivity contribution in [3.63, 3.8) is 0 Å². The second-order valence-electron chi connectivity index (χ2n) is 15.9. The third-order valence-electron chi connectivity index (χ3n) is 11.4. The first kappa shape index (κ1) is 41.9. The molecule has 13 nitrogen and oxygen atoms in total. The standard InChI is InChI=1S/C44H51ClN7O6P/c1-58-38-25-31(15-14-28(38)24-40-47-26-34(45)36(49-40)23-29-9-4-5-12-39(29)59(2,3)57)51-21-18-30(19-22-51)48-41(53)13-6-7-20-46-35-11-8-10-32-33(35)27-52(44(32)56)37-16-17-42(54)50-43(37)55/h4-5,8-12,14-15,25-26,30,37,46H,6-7,13,16-24,27H2,1-3H3,(H,48,53)(H,50,54,55). The van der Waals surface area contributed by atoms with Gasteiger partial charge in [0, 0.05) is 104 Å². The van der Waals surface area contributed by atoms with Crippen molar-refractivity contribution in [1.82, 2.24) is 25.5 Å². The van der Waals surface area contributed by atoms with E-state index in [1.807, 2.05) is 42.5 Å². The number of methoxy groups -OCH3 is 1. The summed E-state index contributed by atoms with van der Waals surface area (Å²) in [4.78, 5) is 63.2. The summed E-state index contributed by atoms with van der Waals surface area (Å²) in [5.74, 6) is 0.484. The van der Waals surface area contributed by atoms with Crippen molar-refractivity contribution >= 4 is 59.1 Å². The molecule has 7 rings (SSSR count). The Morgan fingerprint density at radius 2 is 1.78 bits per heavy atom. The molecule has 2 saturated heterocycles. The number of amides is 4. The number of halogens is 1. The maximum absolute atomic E-state index is 13.1. The van der Waals surface area contributed by atoms with Gasteiger partial charge in [-0.1, -0.05) is 48.0 Å². The van der Waals surface area contributed by atoms with E-state index < -0.39 is 19.1 Å². The molecule has 310 valence electrons. The van der Waals surface area contributed by atoms with Crippen LogP contribution in [0.15, 0.2) is 66.9 Å². The lowest BCUT2D eigenvalue weighted by atomic mass is 10.0. The molecule has 3 aliphatic heterocycles. The highest BCUT2D eigenvalue weighted by molar-refractivity contribution is 7.70. The number of fused-ring (bicyclic) bond motifs is 1. The van der Waals surface area contributed by atoms with E-state index in [-0.39, 0.29) is 30.2 Å². The molecule has 0 saturated carbocycles. The van der Waals surface area contributed by atoms with Gasteiger partial charge in [-0.2, -0.15) is 0 Å². The van der Waals surface area contributed by atoms with Gasteiger partial charge in [-0.05, 0) is 69.2 Å². The van der Waals surface area contributed by atoms with Gasteiger partial charge in [0.15, 0.2) is 0 Å². The van der Waals surface area contributed by atoms with Crippen LogP contribution in [0.4, 0.5) is 11.4 Å². The Bertz CT molecular complexity index is 2290. The summed E-state index contributed by atoms with van der Waals surface area (Å²) in [6.45, 7) is 6.10. The van der Waals surface area contributed by atoms with Crippen molar-refractivity contribution in [2.75, 3.05) is 50.3 Å². The molecule has 59 heavy (non-hydrogen) atoms. The van der Waals surface area contributed by atoms with Crippen molar-refractivity contribution in [3.8, 4) is 5.75 Å². The molecule has 0 bridgehead atoms. The fourth-order valence-electron chi connectivity index (χ4n) is 8.23. The zero-order valence-electron chi connectivity index (χ0n) is 33.8. The van der Waals surface area contributed by atoms with Crippen LogP contribution in [-0.4, -0.2) is 90.7 Å². The van der Waals surface area contributed by atoms with Gasteiger partial charge in [0.25, 0.3) is 5.91 Å². The minimum atomic E-state index is -2.48. The molecule has 1 aromatic heterocycles. The summed E-state index contributed by atoms with van der Waals surface area (Å²) >= 11 is 6.54. The number of imide groups is 1. The molecule has 4 heterocycles. The Balaban J connectivity index is 0.852. The zero-order chi connectivity index (χ0) is 41.7. The quantitative estimate of drug-likeness (QED) is 0.0770. The van der Waals surface area contributed by atoms with Gasteiger partial charge in [0.2, 0.25) is 17.7 Å². The fourth-order valence-corrected chi connectivity index (χ4v) is 9.68. The summed E-state index contributed by atoms with van der Waals surface area (Å²) in [6, 6.07) is 18.9. The fraction of sp³-hybridized carbons (Fsp3) is 0.409. The maximum atomic E-state index is 13.1. The van der Waals surface area contributed by atoms with Crippen LogP contribution in [0.1, 0.15) is 83.5 Å². The number of ether oxygens (including phenoxy) is 1. The van der Waals surface area contributed by atoms with E-state index in [9.17, 15) is 23.7 Å². The van der Waals surface area contributed by atoms with E-state index in [4.69, 9.17) is 21.3 Å². The predicted molar refractivity (Wildman–Crippen MR) is 229 cm³/mol. The highest BCUT2D eigenvalue weighted by Gasteiger charge is 2.40. The number of unbranched alkanes of at least 4 members (excludes halogenated alkanes) is 1. The topological polar surface area (TPSA) is 163 Å². The molecule has 4 amide bonds. The summed E-state index contributed by atoms with van der Waals surface area (Å²) in [5, 5.41) is 10.3. The molecule has 0 radical (unpaired) electrons. The smallest absolute Gasteiger partial charge is 0.255 e. The van der Waals surface area contributed by atoms with E-state index in [2.05, 4.69) is 38.0 Å². The van der Waals surface area contributed by atoms with E-state index in [1.165, 1.54) is 0 Å². The van der Waals surface area contributed by atoms with Gasteiger partial charge >= 0.3 is 0 Å². The van der Waals surface area contributed by atoms with Gasteiger partial charge in [-0.25, -0.2) is 9.97 Å². The number of carbonyl (C=O) groups excluding carboxylic acids is 4. The Morgan fingerprint density at radius 1 is 0.983 bits per heavy atom. The predicted octanol–water partition coefficient (Wildman–Crippen LogP) is 5.70. The van der Waals surface area contributed by atoms with Crippen molar-refractivity contribution < 1.29 is 28.5 Å². The van der Waals surface area contributed by atoms with Gasteiger partial charge in [0.1, 0.15) is 24.8 Å². The van der Waals surface area contributed by atoms with E-state index in [0.29, 0.717) is 60.9 Å². The van der Waals surface area contributed by atoms with Gasteiger partial charge in [0.05, 0.1) is 17.8 Å². The largest absolute Gasteiger partial charge is 0.496 e. The molecule has 1 unspecified atom stereocenters. The molecular weight excluding hydrogens is 789 g/mol. The van der Waals surface area contributed by atoms with Crippen molar-refractivity contribution in [2.24, 2.45) is 0 Å². The van der Waals surface area contributed by atoms with E-state index in [0.717, 1.165) is 77.9 Å². The summed E-state index contributed by atoms with van der Waals surface area (Å²) in [6.07, 6.45) is 6.68. The van der Waals surface area contributed by atoms with Crippen LogP contribution in [0.25, 0.3) is 0 Å². The Labute approximate surface area is 350 Å². The van der Waals surface area contributed by atoms with Crippen LogP contribution in [0.2, 0.25) is 5.02 Å². The Morgan fingerprint density at radius 3 is 2.54 bits per heavy atom. The number of anilines is 2. The summed E-state index contributed by atoms with van der Waals surface area (Å²) < 4.78 is 18.8. The first-order valence-corrected chi connectivity index (χ1v) is 23.2. The molecule has 15 heteroatoms. The molecule has 3 N–H and O–H groups in total. The summed E-state index contributed by atoms with van der Waals surface area (Å²) in [5.41, 5.74) is 5.91. The minimum Gasteiger partial charge on any atom is -0.496 e. The van der Waals surface area contributed by atoms with Crippen LogP contribution in [0, 0.1) is 0 Å². The van der Waals surface area contributed by atoms with Crippen LogP contribution in [0.5, 0.6) is 5.75 Å². The highest BCUT2D eigenvalue weighted by atomic mass is 35.5. The zero-order valence-corrected chi connectivity index (χ0v) is 35.4. The number of hydrogen-bond donors (Lipinski definition) is 3. The van der Waals surface area contributed by atoms with Crippen LogP contribution >= 0.6 is 18.7 Å². The Hall–Kier alpha value is -5.26. The SMILES string of the molecule is COc1cc(N2CCC(NC(=O)CCCCNc3cccc4c3CN(C3CCC(=O)NC3=O)C4=O)CC2)ccc1Cc1ncc(Cl)c(Cc2ccccc2P(C)(C)=O)n1. The number of benzene rings is 3. The minimum absolute atomic E-state index is 0.0491. The first-order chi connectivity index (χ1) is 28.4. The molecule has 4 aromatic rings. The lowest BCUT2D eigenvalue weighted by Gasteiger charge is -2.34. The van der Waals surface area contributed by atoms with Gasteiger partial charge in [-0.15, -0.1) is 0 Å². The van der Waals surface area contributed by atoms with Crippen LogP contribution in [0.3, 0.4) is 0 Å². The number of rotatable bonds is 15. The van der Waals surface area contributed by atoms with Crippen molar-refractivity contribution in [3.05, 3.63) is 106 Å². The van der Waals surface area contributed by atoms with Gasteiger partial charge in [-0.3, -0.25) is 24.5 Å². The second kappa shape index (κ2) is 18.3. The number of piperidine rings is 2. The molecule has 0 spiro atoms. The molecule has 3 aromatic carbocycles. The highest BCUT2D eigenvalue weighted by Crippen LogP contribution is 2.37. The number of carbonyl (C=O) groups is 4. The average molecular weight is 840 g/mol. The van der Waals surface area contributed by atoms with E-state index >= 15 is 0 Å². The average Bonchev–Trinajstić information content (AvgIpc) is 3.55. The lowest BCUT2D eigenvalue weighted by Crippen LogP contribution is -2.52. The maximum Gasteiger partial charge on any atom is 0.255 e. The van der Waals surface area contributed by atoms with Gasteiger partial charge < -0.3 is 29.7 Å². The number of nitrogens with one attached hydrogen (secondary N) is 3. The molecule has 1 atom stereocenters. The molecule has 3 aliphatic rings. The first-order valence-electron chi connectivity index (χ1n) is 20.2. The second-order valence-corrected chi connectivity index (χ2v) is 19.4. The Kier molecular flexibility index (Phi) is 13.0. The third-order valence-corrected chi connectivity index (χ3v) is 13.3. The van der Waals surface area contributed by atoms with Crippen molar-refractivity contribution in [1.29, 1.82) is 0 Å². The van der Waals surface area contributed by atoms with Crippen molar-refractivity contribution in [2.45, 2.75) is 76.4 Å². The molecule has 2 fully saturated rings. The number of nitrogens with zero attached hydrogens (tertiary/aromatic N) is 4. The van der Waals surface area contributed by atoms with Crippen LogP contribution < -0.4 is 30.9 Å². The molecular formula is C44H51ClN7O6P. The lowest BCUT2D eigenvalue weighted by molar-refractivity contribution is -0.137. The van der Waals surface area contributed by atoms with Crippen LogP contribution in [-0.2, 0) is 38.3 Å². The molecule has 0 aliphatic carbocycles. The third kappa shape index (κ3) is 9.96. The monoisotopic (exact) mass is 839 g/mol. The number of hydrogen-bond acceptors (Lipinski definition) is 10. The number of aromatic nitrogens is 2. The normalized spacial score (nSPS) is 17.2. The van der Waals surface area contributed by atoms with E-state index in [1.54, 1.807) is 37.6 Å². The summed E-state index contributed by atoms with van der Waals surface area (Å²) in [7, 11) is -0.823.